The lowest BCUT2D eigenvalue weighted by Gasteiger charge is -2.10. The molecular formula is C12H14FIN2O3. The number of anilines is 1. The van der Waals surface area contributed by atoms with E-state index in [1.165, 1.54) is 0 Å². The number of carboxylic acids is 1. The molecule has 1 aromatic carbocycles. The van der Waals surface area contributed by atoms with Gasteiger partial charge >= 0.3 is 5.97 Å². The van der Waals surface area contributed by atoms with Crippen LogP contribution in [0.2, 0.25) is 0 Å². The van der Waals surface area contributed by atoms with Gasteiger partial charge in [-0.3, -0.25) is 9.59 Å². The van der Waals surface area contributed by atoms with Gasteiger partial charge in [0.15, 0.2) is 0 Å². The molecule has 1 aromatic rings. The lowest BCUT2D eigenvalue weighted by atomic mass is 10.1. The maximum atomic E-state index is 12.8. The average Bonchev–Trinajstić information content (AvgIpc) is 2.37. The van der Waals surface area contributed by atoms with E-state index in [2.05, 4.69) is 27.9 Å². The van der Waals surface area contributed by atoms with Crippen molar-refractivity contribution in [3.8, 4) is 0 Å². The Balaban J connectivity index is 2.60. The zero-order chi connectivity index (χ0) is 14.4. The molecule has 19 heavy (non-hydrogen) atoms. The van der Waals surface area contributed by atoms with Crippen LogP contribution in [0.25, 0.3) is 0 Å². The van der Waals surface area contributed by atoms with Crippen molar-refractivity contribution in [2.75, 3.05) is 5.32 Å². The molecule has 0 unspecified atom stereocenters. The number of aliphatic carboxylic acids is 1. The normalized spacial score (nSPS) is 11.9. The highest BCUT2D eigenvalue weighted by molar-refractivity contribution is 14.1. The molecule has 0 fully saturated rings. The molecule has 0 saturated heterocycles. The number of amides is 1. The minimum Gasteiger partial charge on any atom is -0.480 e. The number of rotatable bonds is 6. The molecule has 1 atom stereocenters. The summed E-state index contributed by atoms with van der Waals surface area (Å²) in [7, 11) is 0. The number of hydrogen-bond donors (Lipinski definition) is 3. The van der Waals surface area contributed by atoms with E-state index >= 15 is 0 Å². The third-order valence-corrected chi connectivity index (χ3v) is 3.16. The largest absolute Gasteiger partial charge is 0.480 e. The van der Waals surface area contributed by atoms with Gasteiger partial charge in [0.25, 0.3) is 0 Å². The van der Waals surface area contributed by atoms with Crippen molar-refractivity contribution in [1.82, 2.24) is 0 Å². The van der Waals surface area contributed by atoms with Crippen LogP contribution in [0, 0.1) is 3.57 Å². The second-order valence-corrected chi connectivity index (χ2v) is 5.21. The zero-order valence-electron chi connectivity index (χ0n) is 10.0. The smallest absolute Gasteiger partial charge is 0.320 e. The van der Waals surface area contributed by atoms with E-state index in [4.69, 9.17) is 10.8 Å². The van der Waals surface area contributed by atoms with E-state index in [0.29, 0.717) is 11.3 Å². The first-order chi connectivity index (χ1) is 8.93. The third kappa shape index (κ3) is 5.11. The van der Waals surface area contributed by atoms with Crippen LogP contribution in [0.4, 0.5) is 10.1 Å². The maximum Gasteiger partial charge on any atom is 0.320 e. The van der Waals surface area contributed by atoms with E-state index in [-0.39, 0.29) is 18.7 Å². The summed E-state index contributed by atoms with van der Waals surface area (Å²) >= 11 is 2.05. The molecule has 0 aliphatic rings. The topological polar surface area (TPSA) is 92.4 Å². The lowest BCUT2D eigenvalue weighted by molar-refractivity contribution is -0.138. The average molecular weight is 380 g/mol. The Kier molecular flexibility index (Phi) is 6.16. The number of benzene rings is 1. The summed E-state index contributed by atoms with van der Waals surface area (Å²) in [4.78, 5) is 22.1. The van der Waals surface area contributed by atoms with Crippen molar-refractivity contribution in [2.45, 2.75) is 25.6 Å². The Labute approximate surface area is 123 Å². The number of halogens is 2. The number of alkyl halides is 1. The molecule has 0 aliphatic carbocycles. The van der Waals surface area contributed by atoms with Crippen LogP contribution in [-0.2, 0) is 16.3 Å². The number of nitrogens with two attached hydrogens (primary N) is 1. The summed E-state index contributed by atoms with van der Waals surface area (Å²) in [5.41, 5.74) is 6.08. The van der Waals surface area contributed by atoms with Crippen molar-refractivity contribution in [2.24, 2.45) is 5.73 Å². The van der Waals surface area contributed by atoms with Crippen molar-refractivity contribution in [1.29, 1.82) is 0 Å². The Morgan fingerprint density at radius 1 is 1.47 bits per heavy atom. The quantitative estimate of drug-likeness (QED) is 0.658. The number of carboxylic acid groups (broad SMARTS) is 1. The van der Waals surface area contributed by atoms with Gasteiger partial charge in [-0.25, -0.2) is 4.39 Å². The van der Waals surface area contributed by atoms with Gasteiger partial charge < -0.3 is 16.2 Å². The molecule has 0 aliphatic heterocycles. The van der Waals surface area contributed by atoms with Gasteiger partial charge in [-0.05, 0) is 47.2 Å². The summed E-state index contributed by atoms with van der Waals surface area (Å²) in [5, 5.41) is 11.1. The van der Waals surface area contributed by atoms with Gasteiger partial charge in [0.2, 0.25) is 5.91 Å². The van der Waals surface area contributed by atoms with Crippen molar-refractivity contribution < 1.29 is 19.1 Å². The summed E-state index contributed by atoms with van der Waals surface area (Å²) in [6.45, 7) is -0.679. The molecule has 4 N–H and O–H groups in total. The maximum absolute atomic E-state index is 12.8. The fourth-order valence-electron chi connectivity index (χ4n) is 1.42. The van der Waals surface area contributed by atoms with E-state index in [9.17, 15) is 14.0 Å². The molecule has 0 heterocycles. The van der Waals surface area contributed by atoms with Crippen molar-refractivity contribution in [3.63, 3.8) is 0 Å². The Hall–Kier alpha value is -1.22. The second kappa shape index (κ2) is 7.39. The number of carbonyl (C=O) groups is 2. The Morgan fingerprint density at radius 3 is 2.74 bits per heavy atom. The van der Waals surface area contributed by atoms with Crippen LogP contribution < -0.4 is 11.1 Å². The predicted molar refractivity (Wildman–Crippen MR) is 77.4 cm³/mol. The molecule has 1 rings (SSSR count). The Bertz CT molecular complexity index is 482. The van der Waals surface area contributed by atoms with Gasteiger partial charge in [0, 0.05) is 21.2 Å². The van der Waals surface area contributed by atoms with Crippen molar-refractivity contribution >= 4 is 40.2 Å². The molecule has 1 amide bonds. The molecule has 0 aromatic heterocycles. The first kappa shape index (κ1) is 15.8. The minimum atomic E-state index is -1.15. The fraction of sp³-hybridized carbons (Fsp3) is 0.333. The van der Waals surface area contributed by atoms with Gasteiger partial charge in [-0.2, -0.15) is 0 Å². The summed E-state index contributed by atoms with van der Waals surface area (Å²) in [5.74, 6) is -1.53. The van der Waals surface area contributed by atoms with Gasteiger partial charge in [0.05, 0.1) is 0 Å². The van der Waals surface area contributed by atoms with Crippen LogP contribution in [0.5, 0.6) is 0 Å². The van der Waals surface area contributed by atoms with E-state index < -0.39 is 18.7 Å². The molecule has 0 saturated carbocycles. The van der Waals surface area contributed by atoms with Crippen LogP contribution in [0.3, 0.4) is 0 Å². The molecule has 0 spiro atoms. The van der Waals surface area contributed by atoms with Gasteiger partial charge in [-0.15, -0.1) is 0 Å². The monoisotopic (exact) mass is 380 g/mol. The van der Waals surface area contributed by atoms with Gasteiger partial charge in [0.1, 0.15) is 12.7 Å². The first-order valence-corrected chi connectivity index (χ1v) is 6.64. The first-order valence-electron chi connectivity index (χ1n) is 5.56. The SMILES string of the molecule is N[C@@H](CCC(=O)Nc1ccc(I)cc1CF)C(=O)O. The highest BCUT2D eigenvalue weighted by Gasteiger charge is 2.14. The molecule has 104 valence electrons. The third-order valence-electron chi connectivity index (χ3n) is 2.48. The molecule has 5 nitrogen and oxygen atoms in total. The minimum absolute atomic E-state index is 0.0226. The van der Waals surface area contributed by atoms with Gasteiger partial charge in [-0.1, -0.05) is 0 Å². The molecule has 0 bridgehead atoms. The summed E-state index contributed by atoms with van der Waals surface area (Å²) in [6.07, 6.45) is 0.0155. The second-order valence-electron chi connectivity index (χ2n) is 3.97. The number of hydrogen-bond acceptors (Lipinski definition) is 3. The number of nitrogens with one attached hydrogen (secondary N) is 1. The Morgan fingerprint density at radius 2 is 2.16 bits per heavy atom. The highest BCUT2D eigenvalue weighted by atomic mass is 127. The zero-order valence-corrected chi connectivity index (χ0v) is 12.2. The van der Waals surface area contributed by atoms with E-state index in [0.717, 1.165) is 3.57 Å². The predicted octanol–water partition coefficient (Wildman–Crippen LogP) is 1.89. The lowest BCUT2D eigenvalue weighted by Crippen LogP contribution is -2.31. The standard InChI is InChI=1S/C12H14FIN2O3/c13-6-7-5-8(14)1-3-10(7)16-11(17)4-2-9(15)12(18)19/h1,3,5,9H,2,4,6,15H2,(H,16,17)(H,18,19)/t9-/m0/s1. The fourth-order valence-corrected chi connectivity index (χ4v) is 1.97. The summed E-state index contributed by atoms with van der Waals surface area (Å²) < 4.78 is 13.7. The molecule has 7 heteroatoms. The summed E-state index contributed by atoms with van der Waals surface area (Å²) in [6, 6.07) is 3.94. The van der Waals surface area contributed by atoms with Crippen LogP contribution in [0.1, 0.15) is 18.4 Å². The van der Waals surface area contributed by atoms with Crippen LogP contribution >= 0.6 is 22.6 Å². The highest BCUT2D eigenvalue weighted by Crippen LogP contribution is 2.20. The van der Waals surface area contributed by atoms with Crippen molar-refractivity contribution in [3.05, 3.63) is 27.3 Å². The number of carbonyl (C=O) groups excluding carboxylic acids is 1. The molecular weight excluding hydrogens is 366 g/mol. The van der Waals surface area contributed by atoms with E-state index in [1.807, 2.05) is 0 Å². The van der Waals surface area contributed by atoms with E-state index in [1.54, 1.807) is 18.2 Å². The van der Waals surface area contributed by atoms with Crippen LogP contribution in [-0.4, -0.2) is 23.0 Å². The van der Waals surface area contributed by atoms with Crippen LogP contribution in [0.15, 0.2) is 18.2 Å². The molecule has 0 radical (unpaired) electrons.